The molecule has 0 saturated carbocycles. The number of fused-ring (bicyclic) bond motifs is 2. The van der Waals surface area contributed by atoms with Gasteiger partial charge in [0.25, 0.3) is 0 Å². The van der Waals surface area contributed by atoms with E-state index in [0.717, 1.165) is 42.6 Å². The summed E-state index contributed by atoms with van der Waals surface area (Å²) in [6, 6.07) is 12.1. The molecule has 0 unspecified atom stereocenters. The number of piperazine rings is 1. The highest BCUT2D eigenvalue weighted by atomic mass is 19.1. The maximum atomic E-state index is 15.0. The molecule has 27 heavy (non-hydrogen) atoms. The Hall–Kier alpha value is -3.15. The van der Waals surface area contributed by atoms with Gasteiger partial charge in [-0.2, -0.15) is 5.10 Å². The lowest BCUT2D eigenvalue weighted by Gasteiger charge is -2.37. The topological polar surface area (TPSA) is 37.2 Å². The van der Waals surface area contributed by atoms with Crippen molar-refractivity contribution in [2.45, 2.75) is 0 Å². The maximum absolute atomic E-state index is 15.0. The third-order valence-electron chi connectivity index (χ3n) is 5.32. The summed E-state index contributed by atoms with van der Waals surface area (Å²) < 4.78 is 16.6. The predicted octanol–water partition coefficient (Wildman–Crippen LogP) is 3.59. The van der Waals surface area contributed by atoms with Crippen molar-refractivity contribution in [3.05, 3.63) is 60.8 Å². The third-order valence-corrected chi connectivity index (χ3v) is 5.32. The molecule has 0 spiro atoms. The molecule has 4 aromatic rings. The van der Waals surface area contributed by atoms with Gasteiger partial charge in [-0.25, -0.2) is 4.39 Å². The summed E-state index contributed by atoms with van der Waals surface area (Å²) >= 11 is 0. The van der Waals surface area contributed by atoms with Crippen molar-refractivity contribution >= 4 is 33.1 Å². The number of anilines is 2. The summed E-state index contributed by atoms with van der Waals surface area (Å²) in [5.74, 6) is -0.228. The van der Waals surface area contributed by atoms with E-state index >= 15 is 0 Å². The number of hydrogen-bond acceptors (Lipinski definition) is 4. The van der Waals surface area contributed by atoms with E-state index in [0.29, 0.717) is 11.2 Å². The number of pyridine rings is 1. The molecule has 0 aliphatic carbocycles. The Bertz CT molecular complexity index is 1120. The van der Waals surface area contributed by atoms with Crippen LogP contribution in [-0.4, -0.2) is 40.9 Å². The highest BCUT2D eigenvalue weighted by Crippen LogP contribution is 2.30. The molecule has 1 aliphatic heterocycles. The van der Waals surface area contributed by atoms with Crippen LogP contribution in [0.3, 0.4) is 0 Å². The summed E-state index contributed by atoms with van der Waals surface area (Å²) in [7, 11) is 1.82. The molecule has 0 amide bonds. The van der Waals surface area contributed by atoms with Crippen LogP contribution in [0.25, 0.3) is 21.7 Å². The summed E-state index contributed by atoms with van der Waals surface area (Å²) in [5, 5.41) is 7.45. The van der Waals surface area contributed by atoms with E-state index in [4.69, 9.17) is 0 Å². The molecule has 1 fully saturated rings. The summed E-state index contributed by atoms with van der Waals surface area (Å²) in [6.07, 6.45) is 5.67. The van der Waals surface area contributed by atoms with E-state index in [2.05, 4.69) is 38.1 Å². The van der Waals surface area contributed by atoms with E-state index in [1.807, 2.05) is 43.8 Å². The fourth-order valence-corrected chi connectivity index (χ4v) is 3.95. The molecule has 6 heteroatoms. The molecule has 5 rings (SSSR count). The first kappa shape index (κ1) is 16.1. The average molecular weight is 361 g/mol. The standard InChI is InChI=1S/C21H20FN5/c1-25-14-16-6-7-18(20(22)21(16)24-25)26-8-10-27(11-9-26)19-13-23-12-15-4-2-3-5-17(15)19/h2-7,12-14H,8-11H2,1H3. The lowest BCUT2D eigenvalue weighted by molar-refractivity contribution is 0.602. The number of aryl methyl sites for hydroxylation is 1. The van der Waals surface area contributed by atoms with Crippen LogP contribution in [0.15, 0.2) is 55.0 Å². The van der Waals surface area contributed by atoms with Crippen molar-refractivity contribution in [1.82, 2.24) is 14.8 Å². The number of aromatic nitrogens is 3. The molecule has 2 aromatic heterocycles. The summed E-state index contributed by atoms with van der Waals surface area (Å²) in [6.45, 7) is 3.18. The van der Waals surface area contributed by atoms with Crippen LogP contribution in [0.1, 0.15) is 0 Å². The van der Waals surface area contributed by atoms with Crippen LogP contribution in [-0.2, 0) is 7.05 Å². The van der Waals surface area contributed by atoms with Crippen molar-refractivity contribution < 1.29 is 4.39 Å². The second-order valence-electron chi connectivity index (χ2n) is 6.99. The molecule has 0 radical (unpaired) electrons. The summed E-state index contributed by atoms with van der Waals surface area (Å²) in [4.78, 5) is 8.84. The van der Waals surface area contributed by atoms with Gasteiger partial charge in [-0.15, -0.1) is 0 Å². The fourth-order valence-electron chi connectivity index (χ4n) is 3.95. The van der Waals surface area contributed by atoms with E-state index in [1.54, 1.807) is 4.68 Å². The molecule has 2 aromatic carbocycles. The number of hydrogen-bond donors (Lipinski definition) is 0. The molecule has 5 nitrogen and oxygen atoms in total. The van der Waals surface area contributed by atoms with Crippen LogP contribution in [0.2, 0.25) is 0 Å². The quantitative estimate of drug-likeness (QED) is 0.547. The van der Waals surface area contributed by atoms with Crippen molar-refractivity contribution in [2.75, 3.05) is 36.0 Å². The second kappa shape index (κ2) is 6.23. The highest BCUT2D eigenvalue weighted by molar-refractivity contribution is 5.93. The van der Waals surface area contributed by atoms with Gasteiger partial charge >= 0.3 is 0 Å². The minimum Gasteiger partial charge on any atom is -0.366 e. The van der Waals surface area contributed by atoms with E-state index in [-0.39, 0.29) is 5.82 Å². The first-order valence-corrected chi connectivity index (χ1v) is 9.15. The zero-order valence-corrected chi connectivity index (χ0v) is 15.1. The number of nitrogens with zero attached hydrogens (tertiary/aromatic N) is 5. The van der Waals surface area contributed by atoms with Gasteiger partial charge in [0.1, 0.15) is 5.52 Å². The molecule has 136 valence electrons. The van der Waals surface area contributed by atoms with Crippen molar-refractivity contribution in [3.8, 4) is 0 Å². The summed E-state index contributed by atoms with van der Waals surface area (Å²) in [5.41, 5.74) is 2.22. The maximum Gasteiger partial charge on any atom is 0.174 e. The average Bonchev–Trinajstić information content (AvgIpc) is 3.09. The first-order chi connectivity index (χ1) is 13.2. The van der Waals surface area contributed by atoms with Crippen molar-refractivity contribution in [1.29, 1.82) is 0 Å². The lowest BCUT2D eigenvalue weighted by Crippen LogP contribution is -2.47. The second-order valence-corrected chi connectivity index (χ2v) is 6.99. The van der Waals surface area contributed by atoms with Gasteiger partial charge in [0.15, 0.2) is 5.82 Å². The van der Waals surface area contributed by atoms with Gasteiger partial charge in [-0.1, -0.05) is 24.3 Å². The van der Waals surface area contributed by atoms with E-state index < -0.39 is 0 Å². The Morgan fingerprint density at radius 3 is 2.41 bits per heavy atom. The molecule has 1 aliphatic rings. The first-order valence-electron chi connectivity index (χ1n) is 9.15. The fraction of sp³-hybridized carbons (Fsp3) is 0.238. The Morgan fingerprint density at radius 2 is 1.59 bits per heavy atom. The number of halogens is 1. The zero-order chi connectivity index (χ0) is 18.4. The smallest absolute Gasteiger partial charge is 0.174 e. The van der Waals surface area contributed by atoms with E-state index in [1.165, 1.54) is 5.39 Å². The Labute approximate surface area is 156 Å². The van der Waals surface area contributed by atoms with Gasteiger partial charge in [-0.05, 0) is 12.1 Å². The normalized spacial score (nSPS) is 15.0. The van der Waals surface area contributed by atoms with Gasteiger partial charge in [0, 0.05) is 61.8 Å². The van der Waals surface area contributed by atoms with E-state index in [9.17, 15) is 4.39 Å². The Balaban J connectivity index is 1.41. The van der Waals surface area contributed by atoms with Gasteiger partial charge < -0.3 is 9.80 Å². The number of rotatable bonds is 2. The van der Waals surface area contributed by atoms with Crippen molar-refractivity contribution in [3.63, 3.8) is 0 Å². The van der Waals surface area contributed by atoms with Crippen molar-refractivity contribution in [2.24, 2.45) is 7.05 Å². The minimum absolute atomic E-state index is 0.228. The zero-order valence-electron chi connectivity index (χ0n) is 15.1. The molecule has 1 saturated heterocycles. The molecule has 0 atom stereocenters. The van der Waals surface area contributed by atoms with Crippen LogP contribution < -0.4 is 9.80 Å². The Kier molecular flexibility index (Phi) is 3.70. The van der Waals surface area contributed by atoms with Crippen LogP contribution >= 0.6 is 0 Å². The largest absolute Gasteiger partial charge is 0.366 e. The van der Waals surface area contributed by atoms with Crippen LogP contribution in [0.5, 0.6) is 0 Å². The van der Waals surface area contributed by atoms with Crippen LogP contribution in [0, 0.1) is 5.82 Å². The van der Waals surface area contributed by atoms with Gasteiger partial charge in [0.2, 0.25) is 0 Å². The Morgan fingerprint density at radius 1 is 0.852 bits per heavy atom. The molecule has 0 bridgehead atoms. The molecular weight excluding hydrogens is 341 g/mol. The monoisotopic (exact) mass is 361 g/mol. The van der Waals surface area contributed by atoms with Gasteiger partial charge in [0.05, 0.1) is 17.6 Å². The number of benzene rings is 2. The molecular formula is C21H20FN5. The highest BCUT2D eigenvalue weighted by Gasteiger charge is 2.22. The minimum atomic E-state index is -0.228. The molecule has 3 heterocycles. The van der Waals surface area contributed by atoms with Crippen LogP contribution in [0.4, 0.5) is 15.8 Å². The lowest BCUT2D eigenvalue weighted by atomic mass is 10.1. The van der Waals surface area contributed by atoms with Gasteiger partial charge in [-0.3, -0.25) is 9.67 Å². The molecule has 0 N–H and O–H groups in total. The third kappa shape index (κ3) is 2.68. The predicted molar refractivity (Wildman–Crippen MR) is 107 cm³/mol. The SMILES string of the molecule is Cn1cc2ccc(N3CCN(c4cncc5ccccc45)CC3)c(F)c2n1.